The summed E-state index contributed by atoms with van der Waals surface area (Å²) in [5, 5.41) is 4.13. The monoisotopic (exact) mass is 378 g/mol. The lowest BCUT2D eigenvalue weighted by Gasteiger charge is -2.25. The van der Waals surface area contributed by atoms with E-state index in [1.165, 1.54) is 6.33 Å². The Morgan fingerprint density at radius 2 is 1.86 bits per heavy atom. The van der Waals surface area contributed by atoms with Gasteiger partial charge in [0.1, 0.15) is 18.4 Å². The number of carbonyl (C=O) groups is 1. The number of ether oxygens (including phenoxy) is 1. The smallest absolute Gasteiger partial charge is 0.254 e. The van der Waals surface area contributed by atoms with Gasteiger partial charge in [-0.05, 0) is 55.3 Å². The number of hydrogen-bond acceptors (Lipinski definition) is 4. The van der Waals surface area contributed by atoms with Gasteiger partial charge in [0.25, 0.3) is 5.91 Å². The van der Waals surface area contributed by atoms with E-state index in [1.54, 1.807) is 15.9 Å². The zero-order chi connectivity index (χ0) is 19.9. The number of rotatable bonds is 8. The summed E-state index contributed by atoms with van der Waals surface area (Å²) in [5.74, 6) is 0.775. The Labute approximate surface area is 165 Å². The normalized spacial score (nSPS) is 11.8. The molecule has 1 heterocycles. The van der Waals surface area contributed by atoms with E-state index in [0.717, 1.165) is 29.8 Å². The van der Waals surface area contributed by atoms with Crippen LogP contribution in [0.15, 0.2) is 61.2 Å². The highest BCUT2D eigenvalue weighted by molar-refractivity contribution is 5.94. The average Bonchev–Trinajstić information content (AvgIpc) is 3.28. The fraction of sp³-hybridized carbons (Fsp3) is 0.318. The SMILES string of the molecule is CCCCOc1ccc(C(=O)N(C)C(C)c2ccc(-n3cncn3)cc2)cc1. The summed E-state index contributed by atoms with van der Waals surface area (Å²) in [6.07, 6.45) is 5.28. The molecule has 1 unspecified atom stereocenters. The van der Waals surface area contributed by atoms with E-state index in [-0.39, 0.29) is 11.9 Å². The van der Waals surface area contributed by atoms with Gasteiger partial charge < -0.3 is 9.64 Å². The maximum absolute atomic E-state index is 12.8. The quantitative estimate of drug-likeness (QED) is 0.549. The van der Waals surface area contributed by atoms with Crippen molar-refractivity contribution in [3.63, 3.8) is 0 Å². The molecule has 0 aliphatic carbocycles. The van der Waals surface area contributed by atoms with Gasteiger partial charge in [-0.2, -0.15) is 5.10 Å². The first kappa shape index (κ1) is 19.6. The predicted octanol–water partition coefficient (Wildman–Crippen LogP) is 4.28. The highest BCUT2D eigenvalue weighted by Gasteiger charge is 2.19. The Morgan fingerprint density at radius 1 is 1.14 bits per heavy atom. The summed E-state index contributed by atoms with van der Waals surface area (Å²) < 4.78 is 7.37. The standard InChI is InChI=1S/C22H26N4O2/c1-4-5-14-28-21-12-8-19(9-13-21)22(27)25(3)17(2)18-6-10-20(11-7-18)26-16-23-15-24-26/h6-13,15-17H,4-5,14H2,1-3H3. The highest BCUT2D eigenvalue weighted by Crippen LogP contribution is 2.23. The van der Waals surface area contributed by atoms with Gasteiger partial charge in [-0.25, -0.2) is 9.67 Å². The van der Waals surface area contributed by atoms with E-state index in [1.807, 2.05) is 62.5 Å². The molecule has 3 rings (SSSR count). The van der Waals surface area contributed by atoms with Crippen molar-refractivity contribution in [2.24, 2.45) is 0 Å². The Bertz CT molecular complexity index is 874. The van der Waals surface area contributed by atoms with Gasteiger partial charge in [0.05, 0.1) is 18.3 Å². The summed E-state index contributed by atoms with van der Waals surface area (Å²) in [7, 11) is 1.82. The van der Waals surface area contributed by atoms with Gasteiger partial charge >= 0.3 is 0 Å². The first-order chi connectivity index (χ1) is 13.6. The molecule has 1 amide bonds. The molecule has 0 bridgehead atoms. The molecule has 3 aromatic rings. The van der Waals surface area contributed by atoms with Crippen LogP contribution in [0.4, 0.5) is 0 Å². The number of hydrogen-bond donors (Lipinski definition) is 0. The Balaban J connectivity index is 1.65. The molecule has 0 spiro atoms. The number of nitrogens with zero attached hydrogens (tertiary/aromatic N) is 4. The van der Waals surface area contributed by atoms with Crippen LogP contribution in [-0.4, -0.2) is 39.2 Å². The molecule has 0 N–H and O–H groups in total. The van der Waals surface area contributed by atoms with Crippen molar-refractivity contribution in [2.75, 3.05) is 13.7 Å². The van der Waals surface area contributed by atoms with Crippen LogP contribution in [0.3, 0.4) is 0 Å². The maximum Gasteiger partial charge on any atom is 0.254 e. The highest BCUT2D eigenvalue weighted by atomic mass is 16.5. The number of amides is 1. The summed E-state index contributed by atoms with van der Waals surface area (Å²) in [6, 6.07) is 15.3. The second-order valence-electron chi connectivity index (χ2n) is 6.75. The Hall–Kier alpha value is -3.15. The Kier molecular flexibility index (Phi) is 6.42. The number of benzene rings is 2. The van der Waals surface area contributed by atoms with Crippen molar-refractivity contribution < 1.29 is 9.53 Å². The topological polar surface area (TPSA) is 60.2 Å². The number of carbonyl (C=O) groups excluding carboxylic acids is 1. The molecule has 6 heteroatoms. The number of aromatic nitrogens is 3. The first-order valence-corrected chi connectivity index (χ1v) is 9.55. The minimum Gasteiger partial charge on any atom is -0.494 e. The van der Waals surface area contributed by atoms with E-state index >= 15 is 0 Å². The molecule has 1 atom stereocenters. The van der Waals surface area contributed by atoms with Crippen molar-refractivity contribution in [3.05, 3.63) is 72.3 Å². The van der Waals surface area contributed by atoms with Crippen LogP contribution in [0, 0.1) is 0 Å². The third-order valence-electron chi connectivity index (χ3n) is 4.83. The lowest BCUT2D eigenvalue weighted by Crippen LogP contribution is -2.29. The molecule has 0 aliphatic rings. The second-order valence-corrected chi connectivity index (χ2v) is 6.75. The molecule has 6 nitrogen and oxygen atoms in total. The van der Waals surface area contributed by atoms with E-state index in [2.05, 4.69) is 17.0 Å². The van der Waals surface area contributed by atoms with E-state index < -0.39 is 0 Å². The fourth-order valence-electron chi connectivity index (χ4n) is 2.88. The Morgan fingerprint density at radius 3 is 2.46 bits per heavy atom. The van der Waals surface area contributed by atoms with E-state index in [0.29, 0.717) is 12.2 Å². The van der Waals surface area contributed by atoms with Crippen LogP contribution < -0.4 is 4.74 Å². The molecular weight excluding hydrogens is 352 g/mol. The van der Waals surface area contributed by atoms with Crippen LogP contribution >= 0.6 is 0 Å². The molecule has 0 saturated heterocycles. The van der Waals surface area contributed by atoms with Gasteiger partial charge in [0.15, 0.2) is 0 Å². The zero-order valence-corrected chi connectivity index (χ0v) is 16.6. The molecule has 28 heavy (non-hydrogen) atoms. The first-order valence-electron chi connectivity index (χ1n) is 9.55. The van der Waals surface area contributed by atoms with Gasteiger partial charge in [-0.1, -0.05) is 25.5 Å². The molecule has 0 saturated carbocycles. The van der Waals surface area contributed by atoms with Crippen molar-refractivity contribution in [2.45, 2.75) is 32.7 Å². The molecule has 0 fully saturated rings. The molecule has 1 aromatic heterocycles. The fourth-order valence-corrected chi connectivity index (χ4v) is 2.88. The molecule has 2 aromatic carbocycles. The third-order valence-corrected chi connectivity index (χ3v) is 4.83. The minimum absolute atomic E-state index is 0.0204. The third kappa shape index (κ3) is 4.57. The van der Waals surface area contributed by atoms with Crippen LogP contribution in [0.5, 0.6) is 5.75 Å². The van der Waals surface area contributed by atoms with Crippen molar-refractivity contribution in [1.29, 1.82) is 0 Å². The molecular formula is C22H26N4O2. The summed E-state index contributed by atoms with van der Waals surface area (Å²) in [5.41, 5.74) is 2.64. The molecule has 0 aliphatic heterocycles. The number of unbranched alkanes of at least 4 members (excludes halogenated alkanes) is 1. The van der Waals surface area contributed by atoms with Gasteiger partial charge in [0, 0.05) is 12.6 Å². The lowest BCUT2D eigenvalue weighted by molar-refractivity contribution is 0.0742. The van der Waals surface area contributed by atoms with E-state index in [4.69, 9.17) is 4.74 Å². The van der Waals surface area contributed by atoms with Crippen molar-refractivity contribution in [1.82, 2.24) is 19.7 Å². The van der Waals surface area contributed by atoms with Crippen LogP contribution in [0.25, 0.3) is 5.69 Å². The van der Waals surface area contributed by atoms with Gasteiger partial charge in [0.2, 0.25) is 0 Å². The largest absolute Gasteiger partial charge is 0.494 e. The lowest BCUT2D eigenvalue weighted by atomic mass is 10.1. The molecule has 0 radical (unpaired) electrons. The summed E-state index contributed by atoms with van der Waals surface area (Å²) in [4.78, 5) is 18.6. The predicted molar refractivity (Wildman–Crippen MR) is 109 cm³/mol. The zero-order valence-electron chi connectivity index (χ0n) is 16.6. The summed E-state index contributed by atoms with van der Waals surface area (Å²) >= 11 is 0. The van der Waals surface area contributed by atoms with Crippen molar-refractivity contribution >= 4 is 5.91 Å². The van der Waals surface area contributed by atoms with E-state index in [9.17, 15) is 4.79 Å². The van der Waals surface area contributed by atoms with Gasteiger partial charge in [-0.15, -0.1) is 0 Å². The van der Waals surface area contributed by atoms with Crippen molar-refractivity contribution in [3.8, 4) is 11.4 Å². The summed E-state index contributed by atoms with van der Waals surface area (Å²) in [6.45, 7) is 4.85. The molecule has 146 valence electrons. The second kappa shape index (κ2) is 9.17. The van der Waals surface area contributed by atoms with Gasteiger partial charge in [-0.3, -0.25) is 4.79 Å². The maximum atomic E-state index is 12.8. The average molecular weight is 378 g/mol. The van der Waals surface area contributed by atoms with Crippen LogP contribution in [0.2, 0.25) is 0 Å². The minimum atomic E-state index is -0.0576. The van der Waals surface area contributed by atoms with Crippen LogP contribution in [-0.2, 0) is 0 Å². The van der Waals surface area contributed by atoms with Crippen LogP contribution in [0.1, 0.15) is 48.7 Å².